The summed E-state index contributed by atoms with van der Waals surface area (Å²) in [6.45, 7) is -1.11. The number of rotatable bonds is 4. The number of carbonyl (C=O) groups excluding carboxylic acids is 1. The largest absolute Gasteiger partial charge is 0.431 e. The maximum absolute atomic E-state index is 14.5. The van der Waals surface area contributed by atoms with Crippen molar-refractivity contribution in [1.82, 2.24) is 14.0 Å². The molecule has 1 aromatic carbocycles. The van der Waals surface area contributed by atoms with E-state index in [-0.39, 0.29) is 43.4 Å². The van der Waals surface area contributed by atoms with Crippen LogP contribution in [0.15, 0.2) is 32.8 Å². The van der Waals surface area contributed by atoms with Crippen LogP contribution in [0.1, 0.15) is 5.69 Å². The first-order chi connectivity index (χ1) is 14.5. The molecule has 1 fully saturated rings. The second kappa shape index (κ2) is 8.46. The van der Waals surface area contributed by atoms with E-state index in [1.807, 2.05) is 0 Å². The Kier molecular flexibility index (Phi) is 6.28. The molecule has 0 radical (unpaired) electrons. The summed E-state index contributed by atoms with van der Waals surface area (Å²) in [6.07, 6.45) is -4.98. The van der Waals surface area contributed by atoms with Crippen LogP contribution in [-0.4, -0.2) is 44.1 Å². The molecule has 0 unspecified atom stereocenters. The van der Waals surface area contributed by atoms with Gasteiger partial charge in [0.05, 0.1) is 28.7 Å². The van der Waals surface area contributed by atoms with Crippen LogP contribution >= 0.6 is 23.4 Å². The minimum absolute atomic E-state index is 0.0105. The summed E-state index contributed by atoms with van der Waals surface area (Å²) < 4.78 is 66.7. The first kappa shape index (κ1) is 23.0. The van der Waals surface area contributed by atoms with Gasteiger partial charge >= 0.3 is 11.9 Å². The van der Waals surface area contributed by atoms with Crippen LogP contribution in [0.2, 0.25) is 5.02 Å². The quantitative estimate of drug-likeness (QED) is 0.628. The van der Waals surface area contributed by atoms with E-state index >= 15 is 0 Å². The maximum atomic E-state index is 14.5. The molecule has 3 rings (SSSR count). The molecular formula is C17H12ClF5N4O3S. The minimum Gasteiger partial charge on any atom is -0.292 e. The lowest BCUT2D eigenvalue weighted by atomic mass is 10.2. The molecule has 2 aromatic rings. The fourth-order valence-electron chi connectivity index (χ4n) is 2.79. The number of aromatic nitrogens is 2. The molecule has 0 aliphatic carbocycles. The number of benzene rings is 1. The highest BCUT2D eigenvalue weighted by Gasteiger charge is 2.35. The van der Waals surface area contributed by atoms with Crippen molar-refractivity contribution in [1.29, 1.82) is 0 Å². The second-order valence-electron chi connectivity index (χ2n) is 6.22. The minimum atomic E-state index is -4.98. The Labute approximate surface area is 179 Å². The van der Waals surface area contributed by atoms with E-state index in [1.165, 1.54) is 0 Å². The van der Waals surface area contributed by atoms with Crippen LogP contribution in [0.25, 0.3) is 5.69 Å². The lowest BCUT2D eigenvalue weighted by Crippen LogP contribution is -2.41. The van der Waals surface area contributed by atoms with E-state index in [0.717, 1.165) is 35.8 Å². The number of nitrogens with zero attached hydrogens (tertiary/aromatic N) is 4. The zero-order valence-electron chi connectivity index (χ0n) is 15.5. The summed E-state index contributed by atoms with van der Waals surface area (Å²) in [5.74, 6) is -1.58. The Bertz CT molecular complexity index is 1210. The smallest absolute Gasteiger partial charge is 0.292 e. The van der Waals surface area contributed by atoms with Gasteiger partial charge in [0.15, 0.2) is 5.17 Å². The zero-order chi connectivity index (χ0) is 23.1. The average molecular weight is 483 g/mol. The molecule has 14 heteroatoms. The summed E-state index contributed by atoms with van der Waals surface area (Å²) in [4.78, 5) is 41.6. The first-order valence-corrected chi connectivity index (χ1v) is 9.79. The normalized spacial score (nSPS) is 15.9. The van der Waals surface area contributed by atoms with Gasteiger partial charge in [-0.15, -0.1) is 0 Å². The number of hydrogen-bond acceptors (Lipinski definition) is 5. The van der Waals surface area contributed by atoms with Crippen molar-refractivity contribution in [2.75, 3.05) is 19.0 Å². The molecule has 1 saturated heterocycles. The Balaban J connectivity index is 2.19. The van der Waals surface area contributed by atoms with E-state index < -0.39 is 47.2 Å². The Hall–Kier alpha value is -2.67. The highest BCUT2D eigenvalue weighted by molar-refractivity contribution is 8.15. The summed E-state index contributed by atoms with van der Waals surface area (Å²) in [5, 5.41) is -0.194. The molecule has 1 aliphatic rings. The van der Waals surface area contributed by atoms with E-state index in [1.54, 1.807) is 0 Å². The predicted molar refractivity (Wildman–Crippen MR) is 104 cm³/mol. The molecule has 1 amide bonds. The molecule has 0 N–H and O–H groups in total. The van der Waals surface area contributed by atoms with Gasteiger partial charge in [-0.25, -0.2) is 23.1 Å². The third-order valence-corrected chi connectivity index (χ3v) is 5.51. The molecule has 166 valence electrons. The van der Waals surface area contributed by atoms with Crippen LogP contribution < -0.4 is 11.2 Å². The Morgan fingerprint density at radius 2 is 1.87 bits per heavy atom. The van der Waals surface area contributed by atoms with Crippen molar-refractivity contribution >= 4 is 40.1 Å². The van der Waals surface area contributed by atoms with Crippen LogP contribution in [0, 0.1) is 5.82 Å². The van der Waals surface area contributed by atoms with E-state index in [0.29, 0.717) is 0 Å². The van der Waals surface area contributed by atoms with Gasteiger partial charge in [0.2, 0.25) is 5.91 Å². The standard InChI is InChI=1S/C17H12ClF5N4O3S/c1-25-12(17(21,22)23)6-13(28)27(16(25)30)11-5-10(8(18)4-9(11)20)24-15-26(3-2-19)14(29)7-31-15/h4-6H,2-3,7H2,1H3. The molecule has 0 saturated carbocycles. The number of alkyl halides is 4. The van der Waals surface area contributed by atoms with Crippen molar-refractivity contribution < 1.29 is 26.7 Å². The summed E-state index contributed by atoms with van der Waals surface area (Å²) in [7, 11) is 0.783. The monoisotopic (exact) mass is 482 g/mol. The van der Waals surface area contributed by atoms with Crippen molar-refractivity contribution in [3.63, 3.8) is 0 Å². The van der Waals surface area contributed by atoms with Gasteiger partial charge in [0, 0.05) is 13.1 Å². The summed E-state index contributed by atoms with van der Waals surface area (Å²) in [5.41, 5.74) is -5.22. The molecule has 1 aromatic heterocycles. The third-order valence-electron chi connectivity index (χ3n) is 4.25. The van der Waals surface area contributed by atoms with E-state index in [4.69, 9.17) is 11.6 Å². The van der Waals surface area contributed by atoms with Crippen LogP contribution in [0.4, 0.5) is 27.6 Å². The molecule has 0 bridgehead atoms. The molecule has 7 nitrogen and oxygen atoms in total. The fourth-order valence-corrected chi connectivity index (χ4v) is 3.91. The summed E-state index contributed by atoms with van der Waals surface area (Å²) >= 11 is 6.94. The Morgan fingerprint density at radius 3 is 2.48 bits per heavy atom. The lowest BCUT2D eigenvalue weighted by Gasteiger charge is -2.16. The molecule has 2 heterocycles. The van der Waals surface area contributed by atoms with Gasteiger partial charge in [-0.05, 0) is 12.1 Å². The zero-order valence-corrected chi connectivity index (χ0v) is 17.1. The van der Waals surface area contributed by atoms with E-state index in [9.17, 15) is 36.3 Å². The number of thioether (sulfide) groups is 1. The van der Waals surface area contributed by atoms with Gasteiger partial charge in [-0.1, -0.05) is 23.4 Å². The Morgan fingerprint density at radius 1 is 1.19 bits per heavy atom. The van der Waals surface area contributed by atoms with Crippen molar-refractivity contribution in [3.05, 3.63) is 55.6 Å². The average Bonchev–Trinajstić information content (AvgIpc) is 3.01. The topological polar surface area (TPSA) is 76.7 Å². The molecule has 0 atom stereocenters. The number of amides is 1. The van der Waals surface area contributed by atoms with Crippen molar-refractivity contribution in [3.8, 4) is 5.69 Å². The fraction of sp³-hybridized carbons (Fsp3) is 0.294. The third kappa shape index (κ3) is 4.37. The van der Waals surface area contributed by atoms with Crippen molar-refractivity contribution in [2.24, 2.45) is 12.0 Å². The number of aliphatic imine (C=N–C) groups is 1. The van der Waals surface area contributed by atoms with Gasteiger partial charge in [-0.2, -0.15) is 13.2 Å². The number of halogens is 6. The first-order valence-electron chi connectivity index (χ1n) is 8.43. The second-order valence-corrected chi connectivity index (χ2v) is 7.56. The highest BCUT2D eigenvalue weighted by atomic mass is 35.5. The SMILES string of the molecule is Cn1c(C(F)(F)F)cc(=O)n(-c2cc(N=C3SCC(=O)N3CCF)c(Cl)cc2F)c1=O. The molecular weight excluding hydrogens is 471 g/mol. The lowest BCUT2D eigenvalue weighted by molar-refractivity contribution is -0.144. The van der Waals surface area contributed by atoms with Crippen molar-refractivity contribution in [2.45, 2.75) is 6.18 Å². The molecule has 31 heavy (non-hydrogen) atoms. The summed E-state index contributed by atoms with van der Waals surface area (Å²) in [6, 6.07) is 1.77. The molecule has 1 aliphatic heterocycles. The predicted octanol–water partition coefficient (Wildman–Crippen LogP) is 2.88. The van der Waals surface area contributed by atoms with Crippen LogP contribution in [0.3, 0.4) is 0 Å². The number of amidine groups is 1. The van der Waals surface area contributed by atoms with Crippen LogP contribution in [-0.2, 0) is 18.0 Å². The van der Waals surface area contributed by atoms with Gasteiger partial charge in [-0.3, -0.25) is 19.1 Å². The van der Waals surface area contributed by atoms with Gasteiger partial charge in [0.1, 0.15) is 18.2 Å². The molecule has 0 spiro atoms. The van der Waals surface area contributed by atoms with Crippen LogP contribution in [0.5, 0.6) is 0 Å². The number of hydrogen-bond donors (Lipinski definition) is 0. The maximum Gasteiger partial charge on any atom is 0.431 e. The highest BCUT2D eigenvalue weighted by Crippen LogP contribution is 2.32. The van der Waals surface area contributed by atoms with Gasteiger partial charge in [0.25, 0.3) is 5.56 Å². The van der Waals surface area contributed by atoms with Gasteiger partial charge < -0.3 is 0 Å². The van der Waals surface area contributed by atoms with E-state index in [2.05, 4.69) is 4.99 Å². The number of carbonyl (C=O) groups is 1.